The molecule has 0 unspecified atom stereocenters. The first kappa shape index (κ1) is 11.7. The van der Waals surface area contributed by atoms with Gasteiger partial charge in [0, 0.05) is 4.43 Å². The van der Waals surface area contributed by atoms with Crippen molar-refractivity contribution < 1.29 is 9.53 Å². The molecule has 16 heavy (non-hydrogen) atoms. The molecule has 0 saturated carbocycles. The quantitative estimate of drug-likeness (QED) is 0.629. The van der Waals surface area contributed by atoms with Crippen molar-refractivity contribution in [3.8, 4) is 0 Å². The zero-order chi connectivity index (χ0) is 11.5. The molecule has 0 radical (unpaired) electrons. The summed E-state index contributed by atoms with van der Waals surface area (Å²) >= 11 is 2.24. The smallest absolute Gasteiger partial charge is 0.410 e. The van der Waals surface area contributed by atoms with Gasteiger partial charge in [0.25, 0.3) is 0 Å². The molecule has 86 valence electrons. The summed E-state index contributed by atoms with van der Waals surface area (Å²) in [7, 11) is 0. The predicted molar refractivity (Wildman–Crippen MR) is 70.7 cm³/mol. The van der Waals surface area contributed by atoms with E-state index in [9.17, 15) is 4.79 Å². The molecule has 1 aromatic carbocycles. The Morgan fingerprint density at radius 3 is 2.75 bits per heavy atom. The first-order chi connectivity index (χ1) is 7.72. The van der Waals surface area contributed by atoms with E-state index >= 15 is 0 Å². The number of halogens is 1. The zero-order valence-corrected chi connectivity index (χ0v) is 11.3. The van der Waals surface area contributed by atoms with Gasteiger partial charge in [0.05, 0.1) is 12.6 Å². The van der Waals surface area contributed by atoms with E-state index in [-0.39, 0.29) is 18.2 Å². The second-order valence-corrected chi connectivity index (χ2v) is 4.78. The van der Waals surface area contributed by atoms with E-state index in [1.165, 1.54) is 0 Å². The summed E-state index contributed by atoms with van der Waals surface area (Å²) in [6, 6.07) is 10.1. The fourth-order valence-electron chi connectivity index (χ4n) is 1.85. The van der Waals surface area contributed by atoms with Crippen LogP contribution < -0.4 is 0 Å². The maximum atomic E-state index is 11.7. The fraction of sp³-hybridized carbons (Fsp3) is 0.417. The summed E-state index contributed by atoms with van der Waals surface area (Å²) < 4.78 is 6.09. The molecule has 1 aliphatic heterocycles. The minimum absolute atomic E-state index is 0.0410. The van der Waals surface area contributed by atoms with E-state index in [2.05, 4.69) is 22.6 Å². The van der Waals surface area contributed by atoms with Gasteiger partial charge in [-0.25, -0.2) is 4.79 Å². The monoisotopic (exact) mass is 331 g/mol. The largest absolute Gasteiger partial charge is 0.443 e. The van der Waals surface area contributed by atoms with Crippen molar-refractivity contribution >= 4 is 28.7 Å². The van der Waals surface area contributed by atoms with Gasteiger partial charge in [-0.15, -0.1) is 0 Å². The van der Waals surface area contributed by atoms with Crippen molar-refractivity contribution in [2.75, 3.05) is 11.0 Å². The van der Waals surface area contributed by atoms with E-state index < -0.39 is 0 Å². The van der Waals surface area contributed by atoms with Crippen LogP contribution in [-0.4, -0.2) is 28.1 Å². The van der Waals surface area contributed by atoms with Crippen molar-refractivity contribution in [3.05, 3.63) is 35.9 Å². The third-order valence-corrected chi connectivity index (χ3v) is 3.81. The number of amides is 1. The lowest BCUT2D eigenvalue weighted by atomic mass is 10.1. The van der Waals surface area contributed by atoms with E-state index in [0.29, 0.717) is 6.54 Å². The summed E-state index contributed by atoms with van der Waals surface area (Å²) in [5.41, 5.74) is 1.15. The topological polar surface area (TPSA) is 29.5 Å². The molecule has 2 atom stereocenters. The first-order valence-corrected chi connectivity index (χ1v) is 6.83. The van der Waals surface area contributed by atoms with Crippen molar-refractivity contribution in [1.82, 2.24) is 4.90 Å². The number of rotatable bonds is 3. The SMILES string of the molecule is C[C@@H](c1ccccc1)N1C[C@@H](CI)OC1=O. The zero-order valence-electron chi connectivity index (χ0n) is 9.10. The van der Waals surface area contributed by atoms with E-state index in [1.807, 2.05) is 37.3 Å². The normalized spacial score (nSPS) is 22.0. The molecule has 4 heteroatoms. The second kappa shape index (κ2) is 5.03. The summed E-state index contributed by atoms with van der Waals surface area (Å²) in [5, 5.41) is 0. The lowest BCUT2D eigenvalue weighted by Gasteiger charge is -2.22. The van der Waals surface area contributed by atoms with Gasteiger partial charge in [-0.1, -0.05) is 52.9 Å². The van der Waals surface area contributed by atoms with Crippen LogP contribution in [0.1, 0.15) is 18.5 Å². The number of nitrogens with zero attached hydrogens (tertiary/aromatic N) is 1. The summed E-state index contributed by atoms with van der Waals surface area (Å²) in [6.07, 6.45) is -0.155. The lowest BCUT2D eigenvalue weighted by Crippen LogP contribution is -2.28. The molecule has 1 fully saturated rings. The number of benzene rings is 1. The van der Waals surface area contributed by atoms with Crippen LogP contribution >= 0.6 is 22.6 Å². The highest BCUT2D eigenvalue weighted by Crippen LogP contribution is 2.25. The van der Waals surface area contributed by atoms with Crippen LogP contribution in [0.25, 0.3) is 0 Å². The number of ether oxygens (including phenoxy) is 1. The summed E-state index contributed by atoms with van der Waals surface area (Å²) in [6.45, 7) is 2.73. The number of carbonyl (C=O) groups is 1. The summed E-state index contributed by atoms with van der Waals surface area (Å²) in [4.78, 5) is 13.4. The standard InChI is InChI=1S/C12H14INO2/c1-9(10-5-3-2-4-6-10)14-8-11(7-13)16-12(14)15/h2-6,9,11H,7-8H2,1H3/t9-,11+/m0/s1. The van der Waals surface area contributed by atoms with Crippen LogP contribution in [0.2, 0.25) is 0 Å². The van der Waals surface area contributed by atoms with Crippen LogP contribution in [0.5, 0.6) is 0 Å². The molecule has 0 aliphatic carbocycles. The van der Waals surface area contributed by atoms with Gasteiger partial charge in [-0.05, 0) is 12.5 Å². The van der Waals surface area contributed by atoms with Gasteiger partial charge >= 0.3 is 6.09 Å². The van der Waals surface area contributed by atoms with Gasteiger partial charge in [0.2, 0.25) is 0 Å². The number of alkyl halides is 1. The molecule has 3 nitrogen and oxygen atoms in total. The van der Waals surface area contributed by atoms with Crippen LogP contribution in [0.15, 0.2) is 30.3 Å². The van der Waals surface area contributed by atoms with E-state index in [4.69, 9.17) is 4.74 Å². The average Bonchev–Trinajstić information content (AvgIpc) is 2.71. The van der Waals surface area contributed by atoms with Crippen molar-refractivity contribution in [1.29, 1.82) is 0 Å². The summed E-state index contributed by atoms with van der Waals surface area (Å²) in [5.74, 6) is 0. The molecular formula is C12H14INO2. The maximum absolute atomic E-state index is 11.7. The number of hydrogen-bond acceptors (Lipinski definition) is 2. The molecule has 0 bridgehead atoms. The third-order valence-electron chi connectivity index (χ3n) is 2.82. The number of cyclic esters (lactones) is 1. The number of carbonyl (C=O) groups excluding carboxylic acids is 1. The molecule has 1 amide bonds. The fourth-order valence-corrected chi connectivity index (χ4v) is 2.31. The minimum atomic E-state index is -0.196. The third kappa shape index (κ3) is 2.31. The van der Waals surface area contributed by atoms with Gasteiger partial charge in [0.15, 0.2) is 0 Å². The Morgan fingerprint density at radius 1 is 1.50 bits per heavy atom. The Hall–Kier alpha value is -0.780. The second-order valence-electron chi connectivity index (χ2n) is 3.90. The first-order valence-electron chi connectivity index (χ1n) is 5.30. The van der Waals surface area contributed by atoms with Crippen LogP contribution in [-0.2, 0) is 4.74 Å². The maximum Gasteiger partial charge on any atom is 0.410 e. The Morgan fingerprint density at radius 2 is 2.19 bits per heavy atom. The van der Waals surface area contributed by atoms with Gasteiger partial charge < -0.3 is 4.74 Å². The van der Waals surface area contributed by atoms with E-state index in [0.717, 1.165) is 9.99 Å². The van der Waals surface area contributed by atoms with Gasteiger partial charge in [0.1, 0.15) is 6.10 Å². The highest BCUT2D eigenvalue weighted by atomic mass is 127. The van der Waals surface area contributed by atoms with Crippen molar-refractivity contribution in [3.63, 3.8) is 0 Å². The number of hydrogen-bond donors (Lipinski definition) is 0. The Labute approximate surface area is 109 Å². The van der Waals surface area contributed by atoms with Gasteiger partial charge in [-0.3, -0.25) is 4.90 Å². The Balaban J connectivity index is 2.11. The van der Waals surface area contributed by atoms with Crippen molar-refractivity contribution in [2.45, 2.75) is 19.1 Å². The van der Waals surface area contributed by atoms with Crippen LogP contribution in [0.3, 0.4) is 0 Å². The molecule has 1 saturated heterocycles. The molecule has 1 heterocycles. The van der Waals surface area contributed by atoms with Crippen molar-refractivity contribution in [2.24, 2.45) is 0 Å². The highest BCUT2D eigenvalue weighted by Gasteiger charge is 2.33. The predicted octanol–water partition coefficient (Wildman–Crippen LogP) is 3.00. The van der Waals surface area contributed by atoms with Gasteiger partial charge in [-0.2, -0.15) is 0 Å². The average molecular weight is 331 g/mol. The highest BCUT2D eigenvalue weighted by molar-refractivity contribution is 14.1. The molecule has 0 aromatic heterocycles. The molecule has 0 spiro atoms. The Kier molecular flexibility index (Phi) is 3.68. The van der Waals surface area contributed by atoms with Crippen LogP contribution in [0.4, 0.5) is 4.79 Å². The molecular weight excluding hydrogens is 317 g/mol. The molecule has 1 aromatic rings. The van der Waals surface area contributed by atoms with E-state index in [1.54, 1.807) is 4.90 Å². The Bertz CT molecular complexity index is 369. The molecule has 1 aliphatic rings. The lowest BCUT2D eigenvalue weighted by molar-refractivity contribution is 0.135. The minimum Gasteiger partial charge on any atom is -0.443 e. The molecule has 0 N–H and O–H groups in total. The van der Waals surface area contributed by atoms with Crippen LogP contribution in [0, 0.1) is 0 Å². The molecule has 2 rings (SSSR count).